The second kappa shape index (κ2) is 5.71. The molecule has 1 saturated carbocycles. The van der Waals surface area contributed by atoms with Crippen molar-refractivity contribution in [1.82, 2.24) is 0 Å². The number of aliphatic hydroxyl groups is 1. The Morgan fingerprint density at radius 2 is 2.22 bits per heavy atom. The van der Waals surface area contributed by atoms with Crippen molar-refractivity contribution in [2.75, 3.05) is 13.7 Å². The first-order valence-electron chi connectivity index (χ1n) is 5.79. The van der Waals surface area contributed by atoms with E-state index in [1.165, 1.54) is 20.0 Å². The third-order valence-corrected chi connectivity index (χ3v) is 3.27. The van der Waals surface area contributed by atoms with Crippen molar-refractivity contribution in [1.29, 1.82) is 0 Å². The summed E-state index contributed by atoms with van der Waals surface area (Å²) in [6, 6.07) is 5.15. The van der Waals surface area contributed by atoms with Crippen molar-refractivity contribution in [3.63, 3.8) is 0 Å². The summed E-state index contributed by atoms with van der Waals surface area (Å²) in [5.41, 5.74) is 0.460. The van der Waals surface area contributed by atoms with Crippen LogP contribution in [0, 0.1) is 5.92 Å². The highest BCUT2D eigenvalue weighted by atomic mass is 79.9. The zero-order valence-electron chi connectivity index (χ0n) is 10.1. The van der Waals surface area contributed by atoms with Gasteiger partial charge in [-0.1, -0.05) is 15.9 Å². The molecule has 0 saturated heterocycles. The molecule has 0 amide bonds. The van der Waals surface area contributed by atoms with Gasteiger partial charge in [0, 0.05) is 4.47 Å². The van der Waals surface area contributed by atoms with Crippen molar-refractivity contribution in [2.24, 2.45) is 5.92 Å². The molecule has 5 heteroatoms. The first-order valence-corrected chi connectivity index (χ1v) is 6.58. The number of rotatable bonds is 5. The van der Waals surface area contributed by atoms with Crippen LogP contribution in [0.3, 0.4) is 0 Å². The number of esters is 1. The molecule has 1 fully saturated rings. The van der Waals surface area contributed by atoms with Gasteiger partial charge in [0.2, 0.25) is 0 Å². The zero-order valence-corrected chi connectivity index (χ0v) is 11.6. The zero-order chi connectivity index (χ0) is 13.1. The number of hydrogen-bond donors (Lipinski definition) is 1. The summed E-state index contributed by atoms with van der Waals surface area (Å²) in [6.45, 7) is 0.685. The van der Waals surface area contributed by atoms with Crippen LogP contribution < -0.4 is 4.74 Å². The van der Waals surface area contributed by atoms with Gasteiger partial charge in [-0.05, 0) is 42.5 Å². The van der Waals surface area contributed by atoms with Gasteiger partial charge in [0.25, 0.3) is 0 Å². The van der Waals surface area contributed by atoms with E-state index in [4.69, 9.17) is 4.74 Å². The molecule has 1 aliphatic carbocycles. The third kappa shape index (κ3) is 3.46. The van der Waals surface area contributed by atoms with E-state index in [1.54, 1.807) is 12.1 Å². The normalized spacial score (nSPS) is 16.2. The van der Waals surface area contributed by atoms with Crippen molar-refractivity contribution < 1.29 is 19.4 Å². The molecule has 1 aromatic carbocycles. The highest BCUT2D eigenvalue weighted by Crippen LogP contribution is 2.31. The van der Waals surface area contributed by atoms with Gasteiger partial charge >= 0.3 is 5.97 Å². The summed E-state index contributed by atoms with van der Waals surface area (Å²) < 4.78 is 10.9. The predicted octanol–water partition coefficient (Wildman–Crippen LogP) is 2.44. The SMILES string of the molecule is COC(=O)C(O)c1cc(Br)cc(OCC2CC2)c1. The van der Waals surface area contributed by atoms with E-state index >= 15 is 0 Å². The maximum absolute atomic E-state index is 11.3. The largest absolute Gasteiger partial charge is 0.493 e. The molecule has 0 spiro atoms. The summed E-state index contributed by atoms with van der Waals surface area (Å²) in [5, 5.41) is 9.78. The van der Waals surface area contributed by atoms with Crippen molar-refractivity contribution in [3.05, 3.63) is 28.2 Å². The van der Waals surface area contributed by atoms with Crippen LogP contribution in [0.25, 0.3) is 0 Å². The maximum atomic E-state index is 11.3. The minimum absolute atomic E-state index is 0.460. The maximum Gasteiger partial charge on any atom is 0.339 e. The average molecular weight is 315 g/mol. The van der Waals surface area contributed by atoms with Crippen molar-refractivity contribution in [2.45, 2.75) is 18.9 Å². The van der Waals surface area contributed by atoms with Gasteiger partial charge in [-0.3, -0.25) is 0 Å². The van der Waals surface area contributed by atoms with Crippen LogP contribution in [0.2, 0.25) is 0 Å². The van der Waals surface area contributed by atoms with Crippen LogP contribution in [0.5, 0.6) is 5.75 Å². The second-order valence-electron chi connectivity index (χ2n) is 4.40. The standard InChI is InChI=1S/C13H15BrO4/c1-17-13(16)12(15)9-4-10(14)6-11(5-9)18-7-8-2-3-8/h4-6,8,12,15H,2-3,7H2,1H3. The van der Waals surface area contributed by atoms with Gasteiger partial charge in [0.15, 0.2) is 6.10 Å². The molecule has 2 rings (SSSR count). The molecule has 0 aromatic heterocycles. The fourth-order valence-electron chi connectivity index (χ4n) is 1.57. The number of methoxy groups -OCH3 is 1. The Hall–Kier alpha value is -1.07. The molecule has 1 aromatic rings. The lowest BCUT2D eigenvalue weighted by atomic mass is 10.1. The molecule has 1 N–H and O–H groups in total. The smallest absolute Gasteiger partial charge is 0.339 e. The summed E-state index contributed by atoms with van der Waals surface area (Å²) in [5.74, 6) is 0.619. The molecular formula is C13H15BrO4. The highest BCUT2D eigenvalue weighted by Gasteiger charge is 2.23. The molecule has 0 aliphatic heterocycles. The molecule has 0 radical (unpaired) electrons. The van der Waals surface area contributed by atoms with Crippen LogP contribution in [0.15, 0.2) is 22.7 Å². The second-order valence-corrected chi connectivity index (χ2v) is 5.32. The van der Waals surface area contributed by atoms with E-state index in [1.807, 2.05) is 6.07 Å². The van der Waals surface area contributed by atoms with Crippen LogP contribution >= 0.6 is 15.9 Å². The van der Waals surface area contributed by atoms with Crippen LogP contribution in [0.4, 0.5) is 0 Å². The fourth-order valence-corrected chi connectivity index (χ4v) is 2.06. The Bertz CT molecular complexity index is 443. The lowest BCUT2D eigenvalue weighted by molar-refractivity contribution is -0.150. The lowest BCUT2D eigenvalue weighted by Crippen LogP contribution is -2.13. The van der Waals surface area contributed by atoms with Gasteiger partial charge in [0.05, 0.1) is 13.7 Å². The highest BCUT2D eigenvalue weighted by molar-refractivity contribution is 9.10. The lowest BCUT2D eigenvalue weighted by Gasteiger charge is -2.12. The number of benzene rings is 1. The van der Waals surface area contributed by atoms with Crippen LogP contribution in [-0.4, -0.2) is 24.8 Å². The molecule has 0 heterocycles. The quantitative estimate of drug-likeness (QED) is 0.848. The summed E-state index contributed by atoms with van der Waals surface area (Å²) in [4.78, 5) is 11.3. The van der Waals surface area contributed by atoms with E-state index < -0.39 is 12.1 Å². The van der Waals surface area contributed by atoms with Gasteiger partial charge < -0.3 is 14.6 Å². The van der Waals surface area contributed by atoms with Crippen LogP contribution in [-0.2, 0) is 9.53 Å². The Balaban J connectivity index is 2.11. The van der Waals surface area contributed by atoms with E-state index in [9.17, 15) is 9.90 Å². The minimum atomic E-state index is -1.28. The van der Waals surface area contributed by atoms with Gasteiger partial charge in [-0.2, -0.15) is 0 Å². The average Bonchev–Trinajstić information content (AvgIpc) is 3.18. The first kappa shape index (κ1) is 13.4. The molecule has 4 nitrogen and oxygen atoms in total. The van der Waals surface area contributed by atoms with E-state index in [-0.39, 0.29) is 0 Å². The Morgan fingerprint density at radius 1 is 1.50 bits per heavy atom. The number of hydrogen-bond acceptors (Lipinski definition) is 4. The molecule has 1 aliphatic rings. The topological polar surface area (TPSA) is 55.8 Å². The van der Waals surface area contributed by atoms with E-state index in [2.05, 4.69) is 20.7 Å². The summed E-state index contributed by atoms with van der Waals surface area (Å²) in [7, 11) is 1.24. The van der Waals surface area contributed by atoms with Crippen molar-refractivity contribution >= 4 is 21.9 Å². The van der Waals surface area contributed by atoms with Gasteiger partial charge in [0.1, 0.15) is 5.75 Å². The van der Waals surface area contributed by atoms with Crippen LogP contribution in [0.1, 0.15) is 24.5 Å². The molecule has 18 heavy (non-hydrogen) atoms. The van der Waals surface area contributed by atoms with Crippen molar-refractivity contribution in [3.8, 4) is 5.75 Å². The number of carbonyl (C=O) groups is 1. The molecular weight excluding hydrogens is 300 g/mol. The number of ether oxygens (including phenoxy) is 2. The molecule has 0 bridgehead atoms. The Labute approximate surface area is 114 Å². The molecule has 1 unspecified atom stereocenters. The minimum Gasteiger partial charge on any atom is -0.493 e. The Morgan fingerprint density at radius 3 is 2.83 bits per heavy atom. The number of aliphatic hydroxyl groups excluding tert-OH is 1. The van der Waals surface area contributed by atoms with E-state index in [0.29, 0.717) is 23.8 Å². The summed E-state index contributed by atoms with van der Waals surface area (Å²) >= 11 is 3.33. The summed E-state index contributed by atoms with van der Waals surface area (Å²) in [6.07, 6.45) is 1.15. The fraction of sp³-hybridized carbons (Fsp3) is 0.462. The predicted molar refractivity (Wildman–Crippen MR) is 69.3 cm³/mol. The first-order chi connectivity index (χ1) is 8.60. The third-order valence-electron chi connectivity index (χ3n) is 2.82. The monoisotopic (exact) mass is 314 g/mol. The molecule has 98 valence electrons. The number of halogens is 1. The van der Waals surface area contributed by atoms with E-state index in [0.717, 1.165) is 4.47 Å². The molecule has 1 atom stereocenters. The number of carbonyl (C=O) groups excluding carboxylic acids is 1. The Kier molecular flexibility index (Phi) is 4.24. The van der Waals surface area contributed by atoms with Gasteiger partial charge in [-0.15, -0.1) is 0 Å². The van der Waals surface area contributed by atoms with Gasteiger partial charge in [-0.25, -0.2) is 4.79 Å².